The molecule has 24 heavy (non-hydrogen) atoms. The Kier molecular flexibility index (Phi) is 6.22. The van der Waals surface area contributed by atoms with E-state index in [9.17, 15) is 4.39 Å². The molecule has 0 aliphatic heterocycles. The smallest absolute Gasteiger partial charge is 0.133 e. The lowest BCUT2D eigenvalue weighted by Gasteiger charge is -2.12. The van der Waals surface area contributed by atoms with Gasteiger partial charge in [-0.2, -0.15) is 0 Å². The van der Waals surface area contributed by atoms with Crippen LogP contribution in [0.5, 0.6) is 0 Å². The molecule has 1 heterocycles. The van der Waals surface area contributed by atoms with Crippen molar-refractivity contribution in [2.75, 3.05) is 0 Å². The normalized spacial score (nSPS) is 11.5. The van der Waals surface area contributed by atoms with Crippen LogP contribution in [0.2, 0.25) is 0 Å². The molecule has 1 aromatic carbocycles. The first-order chi connectivity index (χ1) is 11.6. The van der Waals surface area contributed by atoms with Gasteiger partial charge in [-0.3, -0.25) is 4.98 Å². The van der Waals surface area contributed by atoms with Gasteiger partial charge in [-0.1, -0.05) is 37.4 Å². The summed E-state index contributed by atoms with van der Waals surface area (Å²) in [5.41, 5.74) is 3.14. The Bertz CT molecular complexity index is 822. The van der Waals surface area contributed by atoms with Crippen LogP contribution < -0.4 is 10.6 Å². The van der Waals surface area contributed by atoms with Crippen molar-refractivity contribution in [1.29, 1.82) is 0 Å². The number of hydrogen-bond acceptors (Lipinski definition) is 2. The third-order valence-electron chi connectivity index (χ3n) is 3.39. The maximum Gasteiger partial charge on any atom is 0.133 e. The van der Waals surface area contributed by atoms with Crippen molar-refractivity contribution in [2.24, 2.45) is 0 Å². The zero-order valence-corrected chi connectivity index (χ0v) is 14.7. The Morgan fingerprint density at radius 3 is 2.75 bits per heavy atom. The molecule has 0 bridgehead atoms. The SMILES string of the molecule is C=C/C(=C\C=C/C)NC(=C)c1ccc(-c2ncccc2P)c(F)c1. The molecule has 0 spiro atoms. The molecule has 2 rings (SSSR count). The molecule has 0 fully saturated rings. The van der Waals surface area contributed by atoms with Crippen molar-refractivity contribution in [3.63, 3.8) is 0 Å². The summed E-state index contributed by atoms with van der Waals surface area (Å²) in [7, 11) is 2.57. The van der Waals surface area contributed by atoms with Gasteiger partial charge in [0.1, 0.15) is 5.82 Å². The molecule has 0 radical (unpaired) electrons. The fourth-order valence-corrected chi connectivity index (χ4v) is 2.49. The first-order valence-electron chi connectivity index (χ1n) is 7.49. The first-order valence-corrected chi connectivity index (χ1v) is 8.06. The van der Waals surface area contributed by atoms with Crippen LogP contribution in [0.25, 0.3) is 17.0 Å². The molecule has 0 aliphatic rings. The molecule has 0 saturated carbocycles. The van der Waals surface area contributed by atoms with Crippen LogP contribution in [0.3, 0.4) is 0 Å². The van der Waals surface area contributed by atoms with Crippen molar-refractivity contribution in [1.82, 2.24) is 10.3 Å². The number of hydrogen-bond donors (Lipinski definition) is 1. The van der Waals surface area contributed by atoms with Gasteiger partial charge in [-0.15, -0.1) is 9.24 Å². The van der Waals surface area contributed by atoms with Gasteiger partial charge < -0.3 is 5.32 Å². The van der Waals surface area contributed by atoms with Crippen LogP contribution in [0.4, 0.5) is 4.39 Å². The number of nitrogens with zero attached hydrogens (tertiary/aromatic N) is 1. The highest BCUT2D eigenvalue weighted by Gasteiger charge is 2.11. The van der Waals surface area contributed by atoms with Crippen molar-refractivity contribution >= 4 is 20.2 Å². The van der Waals surface area contributed by atoms with E-state index in [1.165, 1.54) is 6.07 Å². The lowest BCUT2D eigenvalue weighted by molar-refractivity contribution is 0.630. The van der Waals surface area contributed by atoms with Crippen LogP contribution in [0, 0.1) is 5.82 Å². The maximum atomic E-state index is 14.5. The fourth-order valence-electron chi connectivity index (χ4n) is 2.14. The molecule has 2 aromatic rings. The molecule has 1 atom stereocenters. The van der Waals surface area contributed by atoms with E-state index in [2.05, 4.69) is 32.7 Å². The quantitative estimate of drug-likeness (QED) is 0.615. The summed E-state index contributed by atoms with van der Waals surface area (Å²) < 4.78 is 14.5. The Morgan fingerprint density at radius 2 is 2.12 bits per heavy atom. The van der Waals surface area contributed by atoms with Gasteiger partial charge in [0.15, 0.2) is 0 Å². The third-order valence-corrected chi connectivity index (χ3v) is 3.86. The summed E-state index contributed by atoms with van der Waals surface area (Å²) in [6, 6.07) is 8.69. The molecule has 2 nitrogen and oxygen atoms in total. The minimum absolute atomic E-state index is 0.338. The second kappa shape index (κ2) is 8.37. The van der Waals surface area contributed by atoms with Gasteiger partial charge >= 0.3 is 0 Å². The number of nitrogens with one attached hydrogen (secondary N) is 1. The number of pyridine rings is 1. The topological polar surface area (TPSA) is 24.9 Å². The van der Waals surface area contributed by atoms with E-state index >= 15 is 0 Å². The summed E-state index contributed by atoms with van der Waals surface area (Å²) in [6.07, 6.45) is 9.01. The average Bonchev–Trinajstić information content (AvgIpc) is 2.59. The Morgan fingerprint density at radius 1 is 1.33 bits per heavy atom. The Labute approximate surface area is 144 Å². The number of rotatable bonds is 6. The molecule has 1 aromatic heterocycles. The fraction of sp³-hybridized carbons (Fsp3) is 0.0500. The zero-order chi connectivity index (χ0) is 17.5. The third kappa shape index (κ3) is 4.27. The predicted octanol–water partition coefficient (Wildman–Crippen LogP) is 4.59. The molecule has 1 unspecified atom stereocenters. The molecule has 122 valence electrons. The molecule has 1 N–H and O–H groups in total. The van der Waals surface area contributed by atoms with E-state index in [0.717, 1.165) is 11.0 Å². The lowest BCUT2D eigenvalue weighted by Crippen LogP contribution is -2.09. The van der Waals surface area contributed by atoms with Crippen LogP contribution in [-0.4, -0.2) is 4.98 Å². The van der Waals surface area contributed by atoms with E-state index in [0.29, 0.717) is 22.5 Å². The van der Waals surface area contributed by atoms with Crippen molar-refractivity contribution in [3.05, 3.63) is 91.1 Å². The van der Waals surface area contributed by atoms with E-state index in [-0.39, 0.29) is 5.82 Å². The van der Waals surface area contributed by atoms with E-state index in [4.69, 9.17) is 0 Å². The highest BCUT2D eigenvalue weighted by atomic mass is 31.0. The molecule has 0 aliphatic carbocycles. The monoisotopic (exact) mass is 338 g/mol. The summed E-state index contributed by atoms with van der Waals surface area (Å²) in [5.74, 6) is -0.338. The second-order valence-corrected chi connectivity index (χ2v) is 5.71. The number of aromatic nitrogens is 1. The van der Waals surface area contributed by atoms with Crippen molar-refractivity contribution < 1.29 is 4.39 Å². The van der Waals surface area contributed by atoms with E-state index in [1.807, 2.05) is 43.4 Å². The minimum Gasteiger partial charge on any atom is -0.356 e. The Hall–Kier alpha value is -2.51. The maximum absolute atomic E-state index is 14.5. The highest BCUT2D eigenvalue weighted by molar-refractivity contribution is 7.27. The molecule has 0 amide bonds. The molecular formula is C20H20FN2P. The summed E-state index contributed by atoms with van der Waals surface area (Å²) in [5, 5.41) is 3.98. The Balaban J connectivity index is 2.28. The van der Waals surface area contributed by atoms with Gasteiger partial charge in [-0.05, 0) is 42.6 Å². The van der Waals surface area contributed by atoms with E-state index < -0.39 is 0 Å². The highest BCUT2D eigenvalue weighted by Crippen LogP contribution is 2.24. The first kappa shape index (κ1) is 17.8. The van der Waals surface area contributed by atoms with Crippen LogP contribution in [-0.2, 0) is 0 Å². The number of benzene rings is 1. The van der Waals surface area contributed by atoms with Crippen LogP contribution in [0.15, 0.2) is 79.7 Å². The summed E-state index contributed by atoms with van der Waals surface area (Å²) >= 11 is 0. The van der Waals surface area contributed by atoms with Crippen LogP contribution in [0.1, 0.15) is 12.5 Å². The standard InChI is InChI=1S/C20H20FN2P/c1-4-6-8-16(5-2)23-14(3)15-10-11-17(18(21)13-15)20-19(24)9-7-12-22-20/h4-13,23H,2-3,24H2,1H3/b6-4-,16-8+. The zero-order valence-electron chi connectivity index (χ0n) is 13.6. The summed E-state index contributed by atoms with van der Waals surface area (Å²) in [4.78, 5) is 4.25. The molecule has 0 saturated heterocycles. The summed E-state index contributed by atoms with van der Waals surface area (Å²) in [6.45, 7) is 9.65. The van der Waals surface area contributed by atoms with Gasteiger partial charge in [0.05, 0.1) is 5.69 Å². The van der Waals surface area contributed by atoms with Crippen molar-refractivity contribution in [3.8, 4) is 11.3 Å². The largest absolute Gasteiger partial charge is 0.356 e. The predicted molar refractivity (Wildman–Crippen MR) is 104 cm³/mol. The minimum atomic E-state index is -0.338. The average molecular weight is 338 g/mol. The second-order valence-electron chi connectivity index (χ2n) is 5.09. The van der Waals surface area contributed by atoms with Crippen molar-refractivity contribution in [2.45, 2.75) is 6.92 Å². The molecule has 4 heteroatoms. The number of halogens is 1. The van der Waals surface area contributed by atoms with Gasteiger partial charge in [0.25, 0.3) is 0 Å². The van der Waals surface area contributed by atoms with Gasteiger partial charge in [0, 0.05) is 28.7 Å². The van der Waals surface area contributed by atoms with Crippen LogP contribution >= 0.6 is 9.24 Å². The van der Waals surface area contributed by atoms with Gasteiger partial charge in [-0.25, -0.2) is 4.39 Å². The molecular weight excluding hydrogens is 318 g/mol. The number of allylic oxidation sites excluding steroid dienone is 4. The van der Waals surface area contributed by atoms with E-state index in [1.54, 1.807) is 18.3 Å². The van der Waals surface area contributed by atoms with Gasteiger partial charge in [0.2, 0.25) is 0 Å². The lowest BCUT2D eigenvalue weighted by atomic mass is 10.1.